The average molecular weight is 315 g/mol. The van der Waals surface area contributed by atoms with Gasteiger partial charge in [-0.1, -0.05) is 0 Å². The number of nitrogens with zero attached hydrogens (tertiary/aromatic N) is 3. The number of anilines is 2. The van der Waals surface area contributed by atoms with Crippen LogP contribution in [0.4, 0.5) is 21.5 Å². The predicted octanol–water partition coefficient (Wildman–Crippen LogP) is 3.45. The molecule has 1 aliphatic heterocycles. The van der Waals surface area contributed by atoms with Crippen LogP contribution in [-0.4, -0.2) is 31.1 Å². The van der Waals surface area contributed by atoms with Crippen LogP contribution < -0.4 is 9.80 Å². The third-order valence-corrected chi connectivity index (χ3v) is 4.11. The van der Waals surface area contributed by atoms with Crippen molar-refractivity contribution in [2.24, 2.45) is 0 Å². The Balaban J connectivity index is 1.68. The van der Waals surface area contributed by atoms with Crippen molar-refractivity contribution >= 4 is 17.1 Å². The third kappa shape index (κ3) is 3.59. The lowest BCUT2D eigenvalue weighted by Gasteiger charge is -2.24. The van der Waals surface area contributed by atoms with Gasteiger partial charge in [-0.2, -0.15) is 0 Å². The molecule has 1 heterocycles. The van der Waals surface area contributed by atoms with E-state index in [0.29, 0.717) is 0 Å². The van der Waals surface area contributed by atoms with Crippen molar-refractivity contribution in [1.29, 1.82) is 0 Å². The molecule has 0 radical (unpaired) electrons. The zero-order valence-electron chi connectivity index (χ0n) is 12.7. The molecule has 3 rings (SSSR count). The third-order valence-electron chi connectivity index (χ3n) is 4.11. The van der Waals surface area contributed by atoms with Crippen LogP contribution >= 0.6 is 0 Å². The lowest BCUT2D eigenvalue weighted by atomic mass is 10.2. The molecule has 0 N–H and O–H groups in total. The topological polar surface area (TPSA) is 49.6 Å². The Bertz CT molecular complexity index is 673. The van der Waals surface area contributed by atoms with Gasteiger partial charge < -0.3 is 9.80 Å². The number of hydrogen-bond acceptors (Lipinski definition) is 4. The van der Waals surface area contributed by atoms with Gasteiger partial charge in [0.1, 0.15) is 5.82 Å². The predicted molar refractivity (Wildman–Crippen MR) is 88.5 cm³/mol. The van der Waals surface area contributed by atoms with E-state index in [1.807, 2.05) is 0 Å². The van der Waals surface area contributed by atoms with Crippen molar-refractivity contribution in [3.05, 3.63) is 64.5 Å². The maximum atomic E-state index is 13.0. The highest BCUT2D eigenvalue weighted by Crippen LogP contribution is 2.22. The molecule has 23 heavy (non-hydrogen) atoms. The van der Waals surface area contributed by atoms with Gasteiger partial charge in [0.15, 0.2) is 0 Å². The molecule has 0 bridgehead atoms. The van der Waals surface area contributed by atoms with Crippen LogP contribution in [0.25, 0.3) is 0 Å². The highest BCUT2D eigenvalue weighted by atomic mass is 19.1. The quantitative estimate of drug-likeness (QED) is 0.643. The second-order valence-corrected chi connectivity index (χ2v) is 5.58. The molecule has 0 aliphatic carbocycles. The second kappa shape index (κ2) is 6.64. The second-order valence-electron chi connectivity index (χ2n) is 5.58. The summed E-state index contributed by atoms with van der Waals surface area (Å²) >= 11 is 0. The van der Waals surface area contributed by atoms with Gasteiger partial charge in [-0.3, -0.25) is 10.1 Å². The Morgan fingerprint density at radius 2 is 1.30 bits per heavy atom. The van der Waals surface area contributed by atoms with E-state index in [4.69, 9.17) is 0 Å². The molecule has 5 nitrogen and oxygen atoms in total. The summed E-state index contributed by atoms with van der Waals surface area (Å²) in [5.74, 6) is -0.226. The van der Waals surface area contributed by atoms with Crippen LogP contribution in [-0.2, 0) is 0 Å². The fraction of sp³-hybridized carbons (Fsp3) is 0.294. The Morgan fingerprint density at radius 1 is 0.826 bits per heavy atom. The van der Waals surface area contributed by atoms with Crippen LogP contribution in [0.15, 0.2) is 48.5 Å². The Hall–Kier alpha value is -2.63. The van der Waals surface area contributed by atoms with Crippen LogP contribution in [0.3, 0.4) is 0 Å². The normalized spacial score (nSPS) is 15.3. The maximum Gasteiger partial charge on any atom is 0.269 e. The summed E-state index contributed by atoms with van der Waals surface area (Å²) < 4.78 is 13.0. The molecule has 1 aliphatic rings. The van der Waals surface area contributed by atoms with Crippen molar-refractivity contribution in [2.45, 2.75) is 6.42 Å². The maximum absolute atomic E-state index is 13.0. The Labute approximate surface area is 134 Å². The van der Waals surface area contributed by atoms with Gasteiger partial charge in [-0.25, -0.2) is 4.39 Å². The summed E-state index contributed by atoms with van der Waals surface area (Å²) in [4.78, 5) is 14.8. The molecule has 120 valence electrons. The lowest BCUT2D eigenvalue weighted by molar-refractivity contribution is -0.384. The minimum atomic E-state index is -0.386. The van der Waals surface area contributed by atoms with Crippen molar-refractivity contribution in [1.82, 2.24) is 0 Å². The van der Waals surface area contributed by atoms with Crippen LogP contribution in [0.5, 0.6) is 0 Å². The molecule has 2 aromatic carbocycles. The van der Waals surface area contributed by atoms with Gasteiger partial charge in [0.05, 0.1) is 4.92 Å². The van der Waals surface area contributed by atoms with Crippen molar-refractivity contribution in [2.75, 3.05) is 36.0 Å². The van der Waals surface area contributed by atoms with Gasteiger partial charge in [0.2, 0.25) is 0 Å². The summed E-state index contributed by atoms with van der Waals surface area (Å²) in [7, 11) is 0. The van der Waals surface area contributed by atoms with E-state index in [9.17, 15) is 14.5 Å². The van der Waals surface area contributed by atoms with E-state index in [2.05, 4.69) is 9.80 Å². The van der Waals surface area contributed by atoms with Gasteiger partial charge >= 0.3 is 0 Å². The number of benzene rings is 2. The SMILES string of the molecule is O=[N+]([O-])c1ccc(N2CCCN(c3ccc(F)cc3)CC2)cc1. The van der Waals surface area contributed by atoms with E-state index in [1.54, 1.807) is 24.3 Å². The van der Waals surface area contributed by atoms with Crippen LogP contribution in [0, 0.1) is 15.9 Å². The molecule has 0 amide bonds. The number of nitro groups is 1. The first-order chi connectivity index (χ1) is 11.1. The number of hydrogen-bond donors (Lipinski definition) is 0. The Morgan fingerprint density at radius 3 is 1.78 bits per heavy atom. The van der Waals surface area contributed by atoms with Gasteiger partial charge in [-0.15, -0.1) is 0 Å². The van der Waals surface area contributed by atoms with E-state index >= 15 is 0 Å². The molecule has 0 saturated carbocycles. The molecule has 2 aromatic rings. The molecule has 0 aromatic heterocycles. The molecule has 1 fully saturated rings. The van der Waals surface area contributed by atoms with Crippen molar-refractivity contribution < 1.29 is 9.31 Å². The molecular weight excluding hydrogens is 297 g/mol. The standard InChI is InChI=1S/C17H18FN3O2/c18-14-2-4-15(5-3-14)19-10-1-11-20(13-12-19)16-6-8-17(9-7-16)21(22)23/h2-9H,1,10-13H2. The largest absolute Gasteiger partial charge is 0.370 e. The van der Waals surface area contributed by atoms with Crippen molar-refractivity contribution in [3.8, 4) is 0 Å². The minimum Gasteiger partial charge on any atom is -0.370 e. The first-order valence-corrected chi connectivity index (χ1v) is 7.63. The fourth-order valence-corrected chi connectivity index (χ4v) is 2.87. The monoisotopic (exact) mass is 315 g/mol. The van der Waals surface area contributed by atoms with E-state index in [1.165, 1.54) is 24.3 Å². The zero-order valence-corrected chi connectivity index (χ0v) is 12.7. The van der Waals surface area contributed by atoms with Crippen LogP contribution in [0.1, 0.15) is 6.42 Å². The number of nitro benzene ring substituents is 1. The van der Waals surface area contributed by atoms with Crippen LogP contribution in [0.2, 0.25) is 0 Å². The Kier molecular flexibility index (Phi) is 4.41. The zero-order chi connectivity index (χ0) is 16.2. The fourth-order valence-electron chi connectivity index (χ4n) is 2.87. The summed E-state index contributed by atoms with van der Waals surface area (Å²) in [5, 5.41) is 10.7. The van der Waals surface area contributed by atoms with Crippen molar-refractivity contribution in [3.63, 3.8) is 0 Å². The number of non-ortho nitro benzene ring substituents is 1. The van der Waals surface area contributed by atoms with E-state index in [-0.39, 0.29) is 16.4 Å². The smallest absolute Gasteiger partial charge is 0.269 e. The molecular formula is C17H18FN3O2. The minimum absolute atomic E-state index is 0.108. The summed E-state index contributed by atoms with van der Waals surface area (Å²) in [6.45, 7) is 3.47. The van der Waals surface area contributed by atoms with E-state index < -0.39 is 0 Å². The molecule has 0 spiro atoms. The number of rotatable bonds is 3. The van der Waals surface area contributed by atoms with Gasteiger partial charge in [0.25, 0.3) is 5.69 Å². The first kappa shape index (κ1) is 15.3. The summed E-state index contributed by atoms with van der Waals surface area (Å²) in [5.41, 5.74) is 2.13. The molecule has 0 atom stereocenters. The van der Waals surface area contributed by atoms with Gasteiger partial charge in [-0.05, 0) is 42.8 Å². The molecule has 0 unspecified atom stereocenters. The molecule has 6 heteroatoms. The van der Waals surface area contributed by atoms with Gasteiger partial charge in [0, 0.05) is 49.7 Å². The summed E-state index contributed by atoms with van der Waals surface area (Å²) in [6, 6.07) is 13.2. The highest BCUT2D eigenvalue weighted by Gasteiger charge is 2.16. The molecule has 1 saturated heterocycles. The highest BCUT2D eigenvalue weighted by molar-refractivity contribution is 5.52. The number of halogens is 1. The lowest BCUT2D eigenvalue weighted by Crippen LogP contribution is -2.30. The van der Waals surface area contributed by atoms with E-state index in [0.717, 1.165) is 44.0 Å². The first-order valence-electron chi connectivity index (χ1n) is 7.63. The average Bonchev–Trinajstić information content (AvgIpc) is 2.82. The summed E-state index contributed by atoms with van der Waals surface area (Å²) in [6.07, 6.45) is 0.981.